The van der Waals surface area contributed by atoms with E-state index in [0.717, 1.165) is 22.4 Å². The number of nitrogens with one attached hydrogen (secondary N) is 1. The van der Waals surface area contributed by atoms with Gasteiger partial charge in [-0.1, -0.05) is 72.3 Å². The highest BCUT2D eigenvalue weighted by Gasteiger charge is 2.15. The predicted molar refractivity (Wildman–Crippen MR) is 122 cm³/mol. The molecule has 0 aliphatic heterocycles. The van der Waals surface area contributed by atoms with Crippen LogP contribution < -0.4 is 5.32 Å². The van der Waals surface area contributed by atoms with Crippen molar-refractivity contribution in [3.05, 3.63) is 94.3 Å². The third-order valence-electron chi connectivity index (χ3n) is 4.75. The fourth-order valence-electron chi connectivity index (χ4n) is 3.28. The van der Waals surface area contributed by atoms with Crippen molar-refractivity contribution in [1.82, 2.24) is 20.0 Å². The highest BCUT2D eigenvalue weighted by Crippen LogP contribution is 2.22. The molecule has 1 aromatic heterocycles. The topological polar surface area (TPSA) is 50.2 Å². The Morgan fingerprint density at radius 3 is 2.40 bits per heavy atom. The summed E-state index contributed by atoms with van der Waals surface area (Å²) in [6.07, 6.45) is 3.26. The van der Waals surface area contributed by atoms with E-state index in [2.05, 4.69) is 15.3 Å². The quantitative estimate of drug-likeness (QED) is 0.550. The van der Waals surface area contributed by atoms with Crippen LogP contribution in [0.4, 0.5) is 0 Å². The van der Waals surface area contributed by atoms with E-state index in [1.54, 1.807) is 10.8 Å². The minimum atomic E-state index is -0.169. The van der Waals surface area contributed by atoms with Gasteiger partial charge in [-0.15, -0.1) is 0 Å². The number of rotatable bonds is 8. The van der Waals surface area contributed by atoms with Crippen molar-refractivity contribution in [1.29, 1.82) is 0 Å². The molecular weight excluding hydrogens is 396 g/mol. The number of hydrogen-bond donors (Lipinski definition) is 1. The fraction of sp³-hybridized carbons (Fsp3) is 0.250. The van der Waals surface area contributed by atoms with Crippen molar-refractivity contribution in [3.63, 3.8) is 0 Å². The Bertz CT molecular complexity index is 997. The van der Waals surface area contributed by atoms with Gasteiger partial charge in [0.15, 0.2) is 0 Å². The molecular formula is C24H27ClN4O. The molecule has 3 rings (SSSR count). The molecule has 156 valence electrons. The van der Waals surface area contributed by atoms with Crippen molar-refractivity contribution in [2.24, 2.45) is 0 Å². The molecule has 0 spiro atoms. The second kappa shape index (κ2) is 10.2. The minimum absolute atomic E-state index is 0.101. The largest absolute Gasteiger partial charge is 0.344 e. The molecule has 30 heavy (non-hydrogen) atoms. The molecule has 1 N–H and O–H groups in total. The van der Waals surface area contributed by atoms with E-state index in [-0.39, 0.29) is 11.9 Å². The van der Waals surface area contributed by atoms with Crippen LogP contribution in [0.2, 0.25) is 5.15 Å². The van der Waals surface area contributed by atoms with Crippen LogP contribution in [-0.2, 0) is 11.3 Å². The maximum Gasteiger partial charge on any atom is 0.244 e. The Kier molecular flexibility index (Phi) is 7.44. The first kappa shape index (κ1) is 21.8. The third kappa shape index (κ3) is 5.81. The molecule has 1 heterocycles. The second-order valence-corrected chi connectivity index (χ2v) is 7.86. The van der Waals surface area contributed by atoms with Gasteiger partial charge in [0.25, 0.3) is 0 Å². The molecule has 3 aromatic rings. The van der Waals surface area contributed by atoms with Gasteiger partial charge in [0.2, 0.25) is 5.91 Å². The first-order chi connectivity index (χ1) is 14.4. The fourth-order valence-corrected chi connectivity index (χ4v) is 3.58. The maximum absolute atomic E-state index is 12.6. The van der Waals surface area contributed by atoms with E-state index < -0.39 is 0 Å². The van der Waals surface area contributed by atoms with E-state index in [1.807, 2.05) is 81.7 Å². The normalized spacial score (nSPS) is 12.4. The first-order valence-corrected chi connectivity index (χ1v) is 10.3. The lowest BCUT2D eigenvalue weighted by molar-refractivity contribution is -0.117. The number of nitrogens with zero attached hydrogens (tertiary/aromatic N) is 3. The molecule has 6 heteroatoms. The maximum atomic E-state index is 12.6. The zero-order valence-electron chi connectivity index (χ0n) is 17.5. The SMILES string of the molecule is Cc1nn(Cc2ccccc2)c(Cl)c1/C=C/C(=O)N[C@@H](CN(C)C)c1ccccc1. The molecule has 0 unspecified atom stereocenters. The van der Waals surface area contributed by atoms with E-state index in [4.69, 9.17) is 11.6 Å². The number of halogens is 1. The summed E-state index contributed by atoms with van der Waals surface area (Å²) < 4.78 is 1.75. The average molecular weight is 423 g/mol. The van der Waals surface area contributed by atoms with Crippen molar-refractivity contribution in [3.8, 4) is 0 Å². The second-order valence-electron chi connectivity index (χ2n) is 7.50. The van der Waals surface area contributed by atoms with Gasteiger partial charge in [-0.3, -0.25) is 4.79 Å². The highest BCUT2D eigenvalue weighted by molar-refractivity contribution is 6.31. The zero-order valence-corrected chi connectivity index (χ0v) is 18.3. The molecule has 0 saturated heterocycles. The number of aryl methyl sites for hydroxylation is 1. The summed E-state index contributed by atoms with van der Waals surface area (Å²) >= 11 is 6.54. The molecule has 0 fully saturated rings. The Hall–Kier alpha value is -2.89. The Labute approximate surface area is 183 Å². The molecule has 0 bridgehead atoms. The summed E-state index contributed by atoms with van der Waals surface area (Å²) in [4.78, 5) is 14.7. The summed E-state index contributed by atoms with van der Waals surface area (Å²) in [7, 11) is 3.98. The van der Waals surface area contributed by atoms with E-state index in [1.165, 1.54) is 6.08 Å². The van der Waals surface area contributed by atoms with Crippen LogP contribution in [0.15, 0.2) is 66.7 Å². The highest BCUT2D eigenvalue weighted by atomic mass is 35.5. The summed E-state index contributed by atoms with van der Waals surface area (Å²) in [5, 5.41) is 8.13. The summed E-state index contributed by atoms with van der Waals surface area (Å²) in [5.41, 5.74) is 3.72. The monoisotopic (exact) mass is 422 g/mol. The van der Waals surface area contributed by atoms with Crippen molar-refractivity contribution < 1.29 is 4.79 Å². The van der Waals surface area contributed by atoms with Gasteiger partial charge in [-0.2, -0.15) is 5.10 Å². The first-order valence-electron chi connectivity index (χ1n) is 9.89. The van der Waals surface area contributed by atoms with Gasteiger partial charge < -0.3 is 10.2 Å². The number of carbonyl (C=O) groups excluding carboxylic acids is 1. The lowest BCUT2D eigenvalue weighted by Crippen LogP contribution is -2.34. The number of likely N-dealkylation sites (N-methyl/N-ethyl adjacent to an activating group) is 1. The molecule has 0 saturated carbocycles. The van der Waals surface area contributed by atoms with Crippen LogP contribution in [0.1, 0.15) is 28.4 Å². The Morgan fingerprint density at radius 2 is 1.77 bits per heavy atom. The van der Waals surface area contributed by atoms with Gasteiger partial charge in [0, 0.05) is 18.2 Å². The smallest absolute Gasteiger partial charge is 0.244 e. The van der Waals surface area contributed by atoms with Crippen LogP contribution in [0.25, 0.3) is 6.08 Å². The molecule has 0 aliphatic rings. The number of amides is 1. The Morgan fingerprint density at radius 1 is 1.13 bits per heavy atom. The minimum Gasteiger partial charge on any atom is -0.344 e. The van der Waals surface area contributed by atoms with Crippen LogP contribution in [-0.4, -0.2) is 41.2 Å². The lowest BCUT2D eigenvalue weighted by atomic mass is 10.1. The molecule has 2 aromatic carbocycles. The zero-order chi connectivity index (χ0) is 21.5. The predicted octanol–water partition coefficient (Wildman–Crippen LogP) is 4.33. The molecule has 1 atom stereocenters. The number of carbonyl (C=O) groups is 1. The van der Waals surface area contributed by atoms with Crippen LogP contribution in [0, 0.1) is 6.92 Å². The van der Waals surface area contributed by atoms with Gasteiger partial charge in [0.05, 0.1) is 18.3 Å². The van der Waals surface area contributed by atoms with E-state index in [9.17, 15) is 4.79 Å². The van der Waals surface area contributed by atoms with Crippen LogP contribution in [0.5, 0.6) is 0 Å². The van der Waals surface area contributed by atoms with Crippen molar-refractivity contribution >= 4 is 23.6 Å². The van der Waals surface area contributed by atoms with E-state index in [0.29, 0.717) is 18.2 Å². The average Bonchev–Trinajstić information content (AvgIpc) is 2.99. The van der Waals surface area contributed by atoms with Gasteiger partial charge in [-0.05, 0) is 38.2 Å². The summed E-state index contributed by atoms with van der Waals surface area (Å²) in [6, 6.07) is 19.9. The lowest BCUT2D eigenvalue weighted by Gasteiger charge is -2.22. The Balaban J connectivity index is 1.72. The van der Waals surface area contributed by atoms with Gasteiger partial charge in [0.1, 0.15) is 5.15 Å². The molecule has 5 nitrogen and oxygen atoms in total. The standard InChI is InChI=1S/C24H27ClN4O/c1-18-21(24(25)29(27-18)16-19-10-6-4-7-11-19)14-15-23(30)26-22(17-28(2)3)20-12-8-5-9-13-20/h4-15,22H,16-17H2,1-3H3,(H,26,30)/b15-14+/t22-/m0/s1. The summed E-state index contributed by atoms with van der Waals surface area (Å²) in [6.45, 7) is 3.18. The number of aromatic nitrogens is 2. The van der Waals surface area contributed by atoms with Crippen LogP contribution >= 0.6 is 11.6 Å². The molecule has 0 radical (unpaired) electrons. The van der Waals surface area contributed by atoms with Crippen molar-refractivity contribution in [2.75, 3.05) is 20.6 Å². The van der Waals surface area contributed by atoms with Gasteiger partial charge in [-0.25, -0.2) is 4.68 Å². The molecule has 0 aliphatic carbocycles. The van der Waals surface area contributed by atoms with Crippen LogP contribution in [0.3, 0.4) is 0 Å². The summed E-state index contributed by atoms with van der Waals surface area (Å²) in [5.74, 6) is -0.169. The van der Waals surface area contributed by atoms with Gasteiger partial charge >= 0.3 is 0 Å². The third-order valence-corrected chi connectivity index (χ3v) is 5.15. The number of benzene rings is 2. The number of hydrogen-bond acceptors (Lipinski definition) is 3. The van der Waals surface area contributed by atoms with Crippen molar-refractivity contribution in [2.45, 2.75) is 19.5 Å². The molecule has 1 amide bonds. The van der Waals surface area contributed by atoms with E-state index >= 15 is 0 Å².